The molecule has 1 aromatic carbocycles. The van der Waals surface area contributed by atoms with E-state index in [9.17, 15) is 14.4 Å². The maximum atomic E-state index is 12.9. The summed E-state index contributed by atoms with van der Waals surface area (Å²) in [6.45, 7) is 3.83. The van der Waals surface area contributed by atoms with Gasteiger partial charge in [-0.2, -0.15) is 0 Å². The molecule has 1 N–H and O–H groups in total. The Morgan fingerprint density at radius 2 is 1.82 bits per heavy atom. The van der Waals surface area contributed by atoms with Crippen LogP contribution in [0.1, 0.15) is 51.5 Å². The number of methoxy groups -OCH3 is 1. The molecule has 2 aliphatic rings. The van der Waals surface area contributed by atoms with Gasteiger partial charge in [0.2, 0.25) is 0 Å². The molecule has 0 aromatic heterocycles. The Labute approximate surface area is 164 Å². The Morgan fingerprint density at radius 1 is 1.11 bits per heavy atom. The number of hydrogen-bond acceptors (Lipinski definition) is 5. The minimum atomic E-state index is -0.677. The quantitative estimate of drug-likeness (QED) is 0.620. The molecule has 0 radical (unpaired) electrons. The van der Waals surface area contributed by atoms with Crippen LogP contribution in [0.3, 0.4) is 0 Å². The van der Waals surface area contributed by atoms with Crippen LogP contribution < -0.4 is 14.8 Å². The number of nitrogens with one attached hydrogen (secondary N) is 1. The third-order valence-electron chi connectivity index (χ3n) is 4.93. The highest BCUT2D eigenvalue weighted by molar-refractivity contribution is 6.31. The molecule has 0 spiro atoms. The van der Waals surface area contributed by atoms with Crippen LogP contribution >= 0.6 is 0 Å². The molecule has 1 heterocycles. The molecule has 2 fully saturated rings. The van der Waals surface area contributed by atoms with Crippen molar-refractivity contribution in [1.82, 2.24) is 10.2 Å². The number of hydrogen-bond donors (Lipinski definition) is 1. The van der Waals surface area contributed by atoms with Crippen LogP contribution in [-0.2, 0) is 9.59 Å². The molecular formula is C21H26N2O5. The molecule has 1 saturated heterocycles. The molecule has 4 amide bonds. The lowest BCUT2D eigenvalue weighted by atomic mass is 9.93. The molecule has 150 valence electrons. The average molecular weight is 386 g/mol. The number of barbiturate groups is 1. The standard InChI is InChI=1S/C21H26N2O5/c1-13(2)28-17-10-9-14(12-18(17)27-3)11-16-19(24)22-21(26)23(20(16)25)15-7-5-4-6-8-15/h9-13,15H,4-8H2,1-3H3,(H,22,24,26). The van der Waals surface area contributed by atoms with Gasteiger partial charge in [0.25, 0.3) is 11.8 Å². The molecule has 0 unspecified atom stereocenters. The predicted molar refractivity (Wildman–Crippen MR) is 104 cm³/mol. The summed E-state index contributed by atoms with van der Waals surface area (Å²) in [5.41, 5.74) is 0.564. The summed E-state index contributed by atoms with van der Waals surface area (Å²) >= 11 is 0. The van der Waals surface area contributed by atoms with Crippen LogP contribution in [0, 0.1) is 0 Å². The van der Waals surface area contributed by atoms with Crippen LogP contribution in [0.15, 0.2) is 23.8 Å². The second kappa shape index (κ2) is 8.46. The van der Waals surface area contributed by atoms with Gasteiger partial charge in [-0.25, -0.2) is 4.79 Å². The van der Waals surface area contributed by atoms with Gasteiger partial charge in [0.1, 0.15) is 5.57 Å². The Kier molecular flexibility index (Phi) is 6.02. The van der Waals surface area contributed by atoms with Gasteiger partial charge in [0, 0.05) is 6.04 Å². The zero-order valence-corrected chi connectivity index (χ0v) is 16.5. The van der Waals surface area contributed by atoms with Crippen molar-refractivity contribution < 1.29 is 23.9 Å². The molecule has 28 heavy (non-hydrogen) atoms. The second-order valence-corrected chi connectivity index (χ2v) is 7.36. The summed E-state index contributed by atoms with van der Waals surface area (Å²) in [6.07, 6.45) is 6.07. The van der Waals surface area contributed by atoms with E-state index in [0.29, 0.717) is 17.1 Å². The maximum Gasteiger partial charge on any atom is 0.331 e. The largest absolute Gasteiger partial charge is 0.493 e. The zero-order chi connectivity index (χ0) is 20.3. The van der Waals surface area contributed by atoms with Crippen LogP contribution in [0.2, 0.25) is 0 Å². The number of rotatable bonds is 5. The van der Waals surface area contributed by atoms with Crippen molar-refractivity contribution in [1.29, 1.82) is 0 Å². The first kappa shape index (κ1) is 19.9. The summed E-state index contributed by atoms with van der Waals surface area (Å²) in [6, 6.07) is 4.40. The number of urea groups is 1. The number of carbonyl (C=O) groups excluding carboxylic acids is 3. The topological polar surface area (TPSA) is 84.9 Å². The van der Waals surface area contributed by atoms with E-state index in [0.717, 1.165) is 32.1 Å². The minimum Gasteiger partial charge on any atom is -0.493 e. The summed E-state index contributed by atoms with van der Waals surface area (Å²) in [5.74, 6) is -0.129. The first-order chi connectivity index (χ1) is 13.4. The SMILES string of the molecule is COc1cc(C=C2C(=O)NC(=O)N(C3CCCCC3)C2=O)ccc1OC(C)C. The zero-order valence-electron chi connectivity index (χ0n) is 16.5. The molecular weight excluding hydrogens is 360 g/mol. The van der Waals surface area contributed by atoms with Gasteiger partial charge in [-0.05, 0) is 50.5 Å². The van der Waals surface area contributed by atoms with Crippen molar-refractivity contribution in [3.63, 3.8) is 0 Å². The third-order valence-corrected chi connectivity index (χ3v) is 4.93. The number of nitrogens with zero attached hydrogens (tertiary/aromatic N) is 1. The highest BCUT2D eigenvalue weighted by atomic mass is 16.5. The van der Waals surface area contributed by atoms with Gasteiger partial charge in [0.15, 0.2) is 11.5 Å². The number of imide groups is 2. The highest BCUT2D eigenvalue weighted by Crippen LogP contribution is 2.31. The summed E-state index contributed by atoms with van der Waals surface area (Å²) in [5, 5.41) is 2.30. The van der Waals surface area contributed by atoms with Crippen molar-refractivity contribution >= 4 is 23.9 Å². The summed E-state index contributed by atoms with van der Waals surface area (Å²) < 4.78 is 11.0. The van der Waals surface area contributed by atoms with Crippen molar-refractivity contribution in [2.24, 2.45) is 0 Å². The molecule has 1 aromatic rings. The molecule has 1 aliphatic heterocycles. The summed E-state index contributed by atoms with van der Waals surface area (Å²) in [4.78, 5) is 38.7. The molecule has 3 rings (SSSR count). The van der Waals surface area contributed by atoms with Gasteiger partial charge in [-0.1, -0.05) is 25.3 Å². The Morgan fingerprint density at radius 3 is 2.46 bits per heavy atom. The monoisotopic (exact) mass is 386 g/mol. The van der Waals surface area contributed by atoms with Crippen LogP contribution in [-0.4, -0.2) is 42.0 Å². The average Bonchev–Trinajstić information content (AvgIpc) is 2.66. The maximum absolute atomic E-state index is 12.9. The highest BCUT2D eigenvalue weighted by Gasteiger charge is 2.40. The van der Waals surface area contributed by atoms with Crippen molar-refractivity contribution in [2.45, 2.75) is 58.1 Å². The lowest BCUT2D eigenvalue weighted by Crippen LogP contribution is -2.58. The number of carbonyl (C=O) groups is 3. The molecule has 1 aliphatic carbocycles. The fourth-order valence-corrected chi connectivity index (χ4v) is 3.63. The molecule has 0 bridgehead atoms. The van der Waals surface area contributed by atoms with Crippen molar-refractivity contribution in [3.05, 3.63) is 29.3 Å². The number of benzene rings is 1. The van der Waals surface area contributed by atoms with E-state index in [1.54, 1.807) is 18.2 Å². The second-order valence-electron chi connectivity index (χ2n) is 7.36. The van der Waals surface area contributed by atoms with Crippen molar-refractivity contribution in [2.75, 3.05) is 7.11 Å². The third kappa shape index (κ3) is 4.18. The van der Waals surface area contributed by atoms with E-state index >= 15 is 0 Å². The first-order valence-corrected chi connectivity index (χ1v) is 9.66. The molecule has 7 heteroatoms. The van der Waals surface area contributed by atoms with Gasteiger partial charge in [-0.3, -0.25) is 19.8 Å². The number of amides is 4. The lowest BCUT2D eigenvalue weighted by Gasteiger charge is -2.35. The Balaban J connectivity index is 1.90. The number of ether oxygens (including phenoxy) is 2. The van der Waals surface area contributed by atoms with Crippen molar-refractivity contribution in [3.8, 4) is 11.5 Å². The fraction of sp³-hybridized carbons (Fsp3) is 0.476. The van der Waals surface area contributed by atoms with E-state index in [2.05, 4.69) is 5.32 Å². The predicted octanol–water partition coefficient (Wildman–Crippen LogP) is 3.28. The van der Waals surface area contributed by atoms with Crippen LogP contribution in [0.4, 0.5) is 4.79 Å². The van der Waals surface area contributed by atoms with E-state index < -0.39 is 17.8 Å². The van der Waals surface area contributed by atoms with Gasteiger partial charge >= 0.3 is 6.03 Å². The smallest absolute Gasteiger partial charge is 0.331 e. The molecule has 7 nitrogen and oxygen atoms in total. The minimum absolute atomic E-state index is 0.0149. The van der Waals surface area contributed by atoms with Gasteiger partial charge in [0.05, 0.1) is 13.2 Å². The van der Waals surface area contributed by atoms with E-state index in [1.165, 1.54) is 18.1 Å². The first-order valence-electron chi connectivity index (χ1n) is 9.66. The van der Waals surface area contributed by atoms with Crippen LogP contribution in [0.25, 0.3) is 6.08 Å². The Bertz CT molecular complexity index is 809. The van der Waals surface area contributed by atoms with E-state index in [4.69, 9.17) is 9.47 Å². The van der Waals surface area contributed by atoms with Gasteiger partial charge < -0.3 is 9.47 Å². The van der Waals surface area contributed by atoms with Crippen LogP contribution in [0.5, 0.6) is 11.5 Å². The lowest BCUT2D eigenvalue weighted by molar-refractivity contribution is -0.132. The van der Waals surface area contributed by atoms with Gasteiger partial charge in [-0.15, -0.1) is 0 Å². The normalized spacial score (nSPS) is 19.9. The van der Waals surface area contributed by atoms with E-state index in [-0.39, 0.29) is 17.7 Å². The molecule has 1 saturated carbocycles. The molecule has 0 atom stereocenters. The van der Waals surface area contributed by atoms with E-state index in [1.807, 2.05) is 13.8 Å². The fourth-order valence-electron chi connectivity index (χ4n) is 3.63. The summed E-state index contributed by atoms with van der Waals surface area (Å²) in [7, 11) is 1.53. The Hall–Kier alpha value is -2.83.